The van der Waals surface area contributed by atoms with Gasteiger partial charge in [0.2, 0.25) is 0 Å². The minimum atomic E-state index is -0.156. The molecule has 0 atom stereocenters. The summed E-state index contributed by atoms with van der Waals surface area (Å²) in [5.41, 5.74) is 10.4. The van der Waals surface area contributed by atoms with Crippen molar-refractivity contribution in [3.8, 4) is 0 Å². The molecule has 13 heavy (non-hydrogen) atoms. The Bertz CT molecular complexity index is 330. The first-order chi connectivity index (χ1) is 5.80. The molecule has 3 N–H and O–H groups in total. The smallest absolute Gasteiger partial charge is 0.0460 e. The normalized spacial score (nSPS) is 22.7. The van der Waals surface area contributed by atoms with Crippen LogP contribution in [0.3, 0.4) is 0 Å². The first-order valence-corrected chi connectivity index (χ1v) is 4.54. The molecule has 1 aliphatic rings. The zero-order chi connectivity index (χ0) is 10.4. The van der Waals surface area contributed by atoms with Crippen molar-refractivity contribution < 1.29 is 0 Å². The maximum atomic E-state index is 7.98. The first kappa shape index (κ1) is 10.0. The highest BCUT2D eigenvalue weighted by molar-refractivity contribution is 6.05. The first-order valence-electron chi connectivity index (χ1n) is 4.54. The summed E-state index contributed by atoms with van der Waals surface area (Å²) in [6.45, 7) is 10.2. The van der Waals surface area contributed by atoms with Crippen LogP contribution in [0.2, 0.25) is 0 Å². The Morgan fingerprint density at radius 2 is 1.54 bits per heavy atom. The van der Waals surface area contributed by atoms with Gasteiger partial charge in [-0.2, -0.15) is 0 Å². The average Bonchev–Trinajstić information content (AvgIpc) is 2.09. The van der Waals surface area contributed by atoms with Crippen molar-refractivity contribution in [1.82, 2.24) is 0 Å². The van der Waals surface area contributed by atoms with Gasteiger partial charge in [0, 0.05) is 16.8 Å². The lowest BCUT2D eigenvalue weighted by Gasteiger charge is -2.34. The van der Waals surface area contributed by atoms with Gasteiger partial charge >= 0.3 is 0 Å². The molecule has 0 aromatic heterocycles. The summed E-state index contributed by atoms with van der Waals surface area (Å²) in [4.78, 5) is 0. The monoisotopic (exact) mass is 178 g/mol. The van der Waals surface area contributed by atoms with Crippen molar-refractivity contribution in [2.45, 2.75) is 34.6 Å². The summed E-state index contributed by atoms with van der Waals surface area (Å²) in [6.07, 6.45) is 0. The van der Waals surface area contributed by atoms with Crippen LogP contribution in [0.1, 0.15) is 34.6 Å². The lowest BCUT2D eigenvalue weighted by Crippen LogP contribution is -2.32. The van der Waals surface area contributed by atoms with Gasteiger partial charge in [0.1, 0.15) is 0 Å². The van der Waals surface area contributed by atoms with Crippen molar-refractivity contribution >= 4 is 5.71 Å². The zero-order valence-electron chi connectivity index (χ0n) is 9.08. The highest BCUT2D eigenvalue weighted by Crippen LogP contribution is 2.38. The Balaban J connectivity index is 3.41. The highest BCUT2D eigenvalue weighted by Gasteiger charge is 2.33. The summed E-state index contributed by atoms with van der Waals surface area (Å²) in [6, 6.07) is 0. The lowest BCUT2D eigenvalue weighted by molar-refractivity contribution is 0.607. The highest BCUT2D eigenvalue weighted by atomic mass is 14.6. The van der Waals surface area contributed by atoms with E-state index in [2.05, 4.69) is 20.8 Å². The number of nitrogens with one attached hydrogen (secondary N) is 1. The van der Waals surface area contributed by atoms with Gasteiger partial charge in [-0.1, -0.05) is 19.4 Å². The fraction of sp³-hybridized carbons (Fsp3) is 0.545. The number of hydrogen-bond acceptors (Lipinski definition) is 2. The van der Waals surface area contributed by atoms with Crippen molar-refractivity contribution in [1.29, 1.82) is 5.41 Å². The molecule has 1 aliphatic carbocycles. The Labute approximate surface area is 80.0 Å². The van der Waals surface area contributed by atoms with E-state index in [0.717, 1.165) is 16.8 Å². The van der Waals surface area contributed by atoms with E-state index in [0.29, 0.717) is 5.71 Å². The van der Waals surface area contributed by atoms with E-state index in [1.54, 1.807) is 0 Å². The van der Waals surface area contributed by atoms with Crippen LogP contribution in [0.25, 0.3) is 0 Å². The third kappa shape index (κ3) is 1.21. The van der Waals surface area contributed by atoms with Crippen LogP contribution in [0.15, 0.2) is 22.4 Å². The molecule has 0 radical (unpaired) electrons. The molecule has 0 amide bonds. The molecule has 0 spiro atoms. The summed E-state index contributed by atoms with van der Waals surface area (Å²) in [5.74, 6) is 0. The maximum absolute atomic E-state index is 7.98. The zero-order valence-corrected chi connectivity index (χ0v) is 9.08. The predicted octanol–water partition coefficient (Wildman–Crippen LogP) is 2.62. The van der Waals surface area contributed by atoms with Crippen molar-refractivity contribution in [2.24, 2.45) is 11.1 Å². The molecular weight excluding hydrogens is 160 g/mol. The fourth-order valence-electron chi connectivity index (χ4n) is 1.74. The van der Waals surface area contributed by atoms with E-state index in [4.69, 9.17) is 11.1 Å². The average molecular weight is 178 g/mol. The van der Waals surface area contributed by atoms with Gasteiger partial charge in [-0.15, -0.1) is 0 Å². The molecular formula is C11H18N2. The molecule has 0 unspecified atom stereocenters. The van der Waals surface area contributed by atoms with Crippen molar-refractivity contribution in [3.63, 3.8) is 0 Å². The maximum Gasteiger partial charge on any atom is 0.0460 e. The van der Waals surface area contributed by atoms with E-state index in [-0.39, 0.29) is 5.41 Å². The van der Waals surface area contributed by atoms with Crippen molar-refractivity contribution in [3.05, 3.63) is 22.4 Å². The van der Waals surface area contributed by atoms with Gasteiger partial charge in [-0.05, 0) is 31.9 Å². The van der Waals surface area contributed by atoms with Crippen LogP contribution in [-0.2, 0) is 0 Å². The second kappa shape index (κ2) is 2.72. The quantitative estimate of drug-likeness (QED) is 0.588. The van der Waals surface area contributed by atoms with Gasteiger partial charge < -0.3 is 11.1 Å². The van der Waals surface area contributed by atoms with Crippen LogP contribution < -0.4 is 5.73 Å². The fourth-order valence-corrected chi connectivity index (χ4v) is 1.74. The molecule has 2 heteroatoms. The number of allylic oxidation sites excluding steroid dienone is 3. The Kier molecular flexibility index (Phi) is 2.10. The van der Waals surface area contributed by atoms with Crippen LogP contribution in [0.5, 0.6) is 0 Å². The molecule has 2 nitrogen and oxygen atoms in total. The summed E-state index contributed by atoms with van der Waals surface area (Å²) >= 11 is 0. The molecule has 0 heterocycles. The Morgan fingerprint density at radius 1 is 1.08 bits per heavy atom. The van der Waals surface area contributed by atoms with Gasteiger partial charge in [0.05, 0.1) is 0 Å². The van der Waals surface area contributed by atoms with Crippen LogP contribution >= 0.6 is 0 Å². The second-order valence-electron chi connectivity index (χ2n) is 4.29. The molecule has 1 rings (SSSR count). The molecule has 0 bridgehead atoms. The number of rotatable bonds is 0. The summed E-state index contributed by atoms with van der Waals surface area (Å²) in [5, 5.41) is 7.98. The van der Waals surface area contributed by atoms with Crippen molar-refractivity contribution in [2.75, 3.05) is 0 Å². The minimum absolute atomic E-state index is 0.156. The van der Waals surface area contributed by atoms with Gasteiger partial charge in [-0.3, -0.25) is 0 Å². The predicted molar refractivity (Wildman–Crippen MR) is 56.8 cm³/mol. The molecule has 0 saturated heterocycles. The largest absolute Gasteiger partial charge is 0.398 e. The minimum Gasteiger partial charge on any atom is -0.398 e. The molecule has 0 saturated carbocycles. The van der Waals surface area contributed by atoms with E-state index in [1.165, 1.54) is 5.57 Å². The second-order valence-corrected chi connectivity index (χ2v) is 4.29. The van der Waals surface area contributed by atoms with E-state index in [1.807, 2.05) is 13.8 Å². The van der Waals surface area contributed by atoms with Gasteiger partial charge in [0.25, 0.3) is 0 Å². The summed E-state index contributed by atoms with van der Waals surface area (Å²) < 4.78 is 0. The molecule has 0 aliphatic heterocycles. The van der Waals surface area contributed by atoms with Crippen LogP contribution in [0, 0.1) is 10.8 Å². The van der Waals surface area contributed by atoms with E-state index >= 15 is 0 Å². The summed E-state index contributed by atoms with van der Waals surface area (Å²) in [7, 11) is 0. The SMILES string of the molecule is CC1=C(N)C(C)=C(C)C(C)(C)C1=N. The van der Waals surface area contributed by atoms with Crippen LogP contribution in [-0.4, -0.2) is 5.71 Å². The van der Waals surface area contributed by atoms with Gasteiger partial charge in [0.15, 0.2) is 0 Å². The third-order valence-electron chi connectivity index (χ3n) is 3.31. The van der Waals surface area contributed by atoms with E-state index < -0.39 is 0 Å². The Hall–Kier alpha value is -1.05. The van der Waals surface area contributed by atoms with Crippen LogP contribution in [0.4, 0.5) is 0 Å². The molecule has 0 fully saturated rings. The molecule has 0 aromatic carbocycles. The standard InChI is InChI=1S/C11H18N2/c1-6-8(3)11(4,5)10(13)7(2)9(6)12/h13H,12H2,1-5H3. The third-order valence-corrected chi connectivity index (χ3v) is 3.31. The lowest BCUT2D eigenvalue weighted by atomic mass is 9.71. The van der Waals surface area contributed by atoms with E-state index in [9.17, 15) is 0 Å². The Morgan fingerprint density at radius 3 is 2.00 bits per heavy atom. The number of hydrogen-bond donors (Lipinski definition) is 2. The molecule has 0 aromatic rings. The molecule has 72 valence electrons. The topological polar surface area (TPSA) is 49.9 Å². The van der Waals surface area contributed by atoms with Gasteiger partial charge in [-0.25, -0.2) is 0 Å². The number of nitrogens with two attached hydrogens (primary N) is 1.